The average molecular weight is 263 g/mol. The Bertz CT molecular complexity index is 594. The van der Waals surface area contributed by atoms with Crippen molar-refractivity contribution < 1.29 is 9.90 Å². The number of carboxylic acid groups (broad SMARTS) is 1. The standard InChI is InChI=1S/C13H17N3O3/c1-15-11(17)9-3-2-4-10(9)14-13(15)16-6-5-8(7-16)12(18)19/h8H,2-7H2,1H3,(H,18,19). The van der Waals surface area contributed by atoms with Crippen LogP contribution in [0.5, 0.6) is 0 Å². The molecule has 19 heavy (non-hydrogen) atoms. The second kappa shape index (κ2) is 4.36. The number of carboxylic acids is 1. The molecule has 0 amide bonds. The van der Waals surface area contributed by atoms with E-state index >= 15 is 0 Å². The van der Waals surface area contributed by atoms with Gasteiger partial charge in [0.1, 0.15) is 0 Å². The Kier molecular flexibility index (Phi) is 2.80. The van der Waals surface area contributed by atoms with Gasteiger partial charge in [-0.25, -0.2) is 4.98 Å². The van der Waals surface area contributed by atoms with Crippen molar-refractivity contribution in [2.24, 2.45) is 13.0 Å². The quantitative estimate of drug-likeness (QED) is 0.823. The summed E-state index contributed by atoms with van der Waals surface area (Å²) in [7, 11) is 1.72. The predicted molar refractivity (Wildman–Crippen MR) is 69.5 cm³/mol. The van der Waals surface area contributed by atoms with E-state index in [2.05, 4.69) is 4.98 Å². The molecule has 1 aliphatic carbocycles. The molecule has 2 heterocycles. The average Bonchev–Trinajstić information content (AvgIpc) is 3.01. The van der Waals surface area contributed by atoms with E-state index in [-0.39, 0.29) is 11.5 Å². The number of aromatic nitrogens is 2. The second-order valence-corrected chi connectivity index (χ2v) is 5.32. The van der Waals surface area contributed by atoms with Crippen molar-refractivity contribution in [2.75, 3.05) is 18.0 Å². The topological polar surface area (TPSA) is 75.4 Å². The molecule has 1 aliphatic heterocycles. The fourth-order valence-corrected chi connectivity index (χ4v) is 3.00. The van der Waals surface area contributed by atoms with Crippen molar-refractivity contribution in [2.45, 2.75) is 25.7 Å². The van der Waals surface area contributed by atoms with Crippen LogP contribution in [-0.2, 0) is 24.7 Å². The molecule has 0 bridgehead atoms. The Morgan fingerprint density at radius 2 is 2.21 bits per heavy atom. The number of aliphatic carboxylic acids is 1. The van der Waals surface area contributed by atoms with E-state index in [0.717, 1.165) is 30.5 Å². The number of hydrogen-bond donors (Lipinski definition) is 1. The first-order chi connectivity index (χ1) is 9.08. The zero-order valence-electron chi connectivity index (χ0n) is 10.9. The van der Waals surface area contributed by atoms with Gasteiger partial charge >= 0.3 is 5.97 Å². The van der Waals surface area contributed by atoms with E-state index < -0.39 is 5.97 Å². The fourth-order valence-electron chi connectivity index (χ4n) is 3.00. The molecule has 6 heteroatoms. The zero-order valence-corrected chi connectivity index (χ0v) is 10.9. The third kappa shape index (κ3) is 1.91. The van der Waals surface area contributed by atoms with E-state index in [1.807, 2.05) is 4.90 Å². The van der Waals surface area contributed by atoms with Crippen LogP contribution in [0.1, 0.15) is 24.1 Å². The van der Waals surface area contributed by atoms with Gasteiger partial charge in [-0.15, -0.1) is 0 Å². The van der Waals surface area contributed by atoms with Crippen LogP contribution >= 0.6 is 0 Å². The molecule has 1 saturated heterocycles. The van der Waals surface area contributed by atoms with Crippen LogP contribution in [0.25, 0.3) is 0 Å². The van der Waals surface area contributed by atoms with Crippen LogP contribution in [0.4, 0.5) is 5.95 Å². The normalized spacial score (nSPS) is 21.7. The van der Waals surface area contributed by atoms with Crippen molar-refractivity contribution in [3.8, 4) is 0 Å². The highest BCUT2D eigenvalue weighted by atomic mass is 16.4. The largest absolute Gasteiger partial charge is 0.481 e. The van der Waals surface area contributed by atoms with Gasteiger partial charge in [0, 0.05) is 25.7 Å². The first kappa shape index (κ1) is 12.2. The summed E-state index contributed by atoms with van der Waals surface area (Å²) in [6.45, 7) is 1.09. The van der Waals surface area contributed by atoms with Gasteiger partial charge in [0.15, 0.2) is 0 Å². The van der Waals surface area contributed by atoms with Gasteiger partial charge in [-0.05, 0) is 25.7 Å². The molecule has 102 valence electrons. The maximum Gasteiger partial charge on any atom is 0.308 e. The maximum absolute atomic E-state index is 12.2. The van der Waals surface area contributed by atoms with Crippen molar-refractivity contribution in [1.29, 1.82) is 0 Å². The maximum atomic E-state index is 12.2. The Morgan fingerprint density at radius 3 is 2.89 bits per heavy atom. The highest BCUT2D eigenvalue weighted by Gasteiger charge is 2.31. The molecular formula is C13H17N3O3. The summed E-state index contributed by atoms with van der Waals surface area (Å²) >= 11 is 0. The summed E-state index contributed by atoms with van der Waals surface area (Å²) in [5, 5.41) is 9.04. The molecule has 1 atom stereocenters. The third-order valence-corrected chi connectivity index (χ3v) is 4.11. The van der Waals surface area contributed by atoms with Crippen LogP contribution < -0.4 is 10.5 Å². The molecule has 0 radical (unpaired) electrons. The minimum atomic E-state index is -0.770. The monoisotopic (exact) mass is 263 g/mol. The van der Waals surface area contributed by atoms with Gasteiger partial charge in [-0.1, -0.05) is 0 Å². The van der Waals surface area contributed by atoms with E-state index in [1.54, 1.807) is 11.6 Å². The molecule has 1 N–H and O–H groups in total. The lowest BCUT2D eigenvalue weighted by Crippen LogP contribution is -2.32. The number of anilines is 1. The van der Waals surface area contributed by atoms with Crippen molar-refractivity contribution in [3.05, 3.63) is 21.6 Å². The molecule has 2 aliphatic rings. The number of aryl methyl sites for hydroxylation is 1. The van der Waals surface area contributed by atoms with Crippen LogP contribution in [0, 0.1) is 5.92 Å². The molecule has 0 saturated carbocycles. The predicted octanol–water partition coefficient (Wildman–Crippen LogP) is 0.180. The van der Waals surface area contributed by atoms with E-state index in [0.29, 0.717) is 25.5 Å². The lowest BCUT2D eigenvalue weighted by atomic mass is 10.1. The molecule has 1 unspecified atom stereocenters. The van der Waals surface area contributed by atoms with Crippen molar-refractivity contribution >= 4 is 11.9 Å². The van der Waals surface area contributed by atoms with E-state index in [9.17, 15) is 9.59 Å². The van der Waals surface area contributed by atoms with E-state index in [1.165, 1.54) is 0 Å². The fraction of sp³-hybridized carbons (Fsp3) is 0.615. The van der Waals surface area contributed by atoms with Gasteiger partial charge in [0.25, 0.3) is 5.56 Å². The van der Waals surface area contributed by atoms with Crippen molar-refractivity contribution in [1.82, 2.24) is 9.55 Å². The number of nitrogens with zero attached hydrogens (tertiary/aromatic N) is 3. The molecular weight excluding hydrogens is 246 g/mol. The molecule has 0 spiro atoms. The molecule has 1 aromatic heterocycles. The molecule has 1 aromatic rings. The summed E-state index contributed by atoms with van der Waals surface area (Å²) in [4.78, 5) is 29.7. The van der Waals surface area contributed by atoms with Crippen LogP contribution in [0.2, 0.25) is 0 Å². The SMILES string of the molecule is Cn1c(N2CCC(C(=O)O)C2)nc2c(c1=O)CCC2. The van der Waals surface area contributed by atoms with E-state index in [4.69, 9.17) is 5.11 Å². The number of rotatable bonds is 2. The van der Waals surface area contributed by atoms with Crippen LogP contribution in [0.15, 0.2) is 4.79 Å². The van der Waals surface area contributed by atoms with Gasteiger partial charge < -0.3 is 10.0 Å². The highest BCUT2D eigenvalue weighted by Crippen LogP contribution is 2.24. The first-order valence-corrected chi connectivity index (χ1v) is 6.64. The third-order valence-electron chi connectivity index (χ3n) is 4.11. The summed E-state index contributed by atoms with van der Waals surface area (Å²) in [5.74, 6) is -0.506. The smallest absolute Gasteiger partial charge is 0.308 e. The van der Waals surface area contributed by atoms with Gasteiger partial charge in [0.2, 0.25) is 5.95 Å². The summed E-state index contributed by atoms with van der Waals surface area (Å²) < 4.78 is 1.56. The van der Waals surface area contributed by atoms with Gasteiger partial charge in [0.05, 0.1) is 11.6 Å². The summed E-state index contributed by atoms with van der Waals surface area (Å²) in [6, 6.07) is 0. The zero-order chi connectivity index (χ0) is 13.6. The highest BCUT2D eigenvalue weighted by molar-refractivity contribution is 5.71. The Morgan fingerprint density at radius 1 is 1.42 bits per heavy atom. The molecule has 3 rings (SSSR count). The molecule has 0 aromatic carbocycles. The van der Waals surface area contributed by atoms with Crippen LogP contribution in [-0.4, -0.2) is 33.7 Å². The van der Waals surface area contributed by atoms with Gasteiger partial charge in [-0.3, -0.25) is 14.2 Å². The number of fused-ring (bicyclic) bond motifs is 1. The Hall–Kier alpha value is -1.85. The number of hydrogen-bond acceptors (Lipinski definition) is 4. The minimum absolute atomic E-state index is 0.0243. The van der Waals surface area contributed by atoms with Gasteiger partial charge in [-0.2, -0.15) is 0 Å². The van der Waals surface area contributed by atoms with Crippen LogP contribution in [0.3, 0.4) is 0 Å². The lowest BCUT2D eigenvalue weighted by molar-refractivity contribution is -0.140. The van der Waals surface area contributed by atoms with Crippen molar-refractivity contribution in [3.63, 3.8) is 0 Å². The second-order valence-electron chi connectivity index (χ2n) is 5.32. The summed E-state index contributed by atoms with van der Waals surface area (Å²) in [5.41, 5.74) is 1.76. The lowest BCUT2D eigenvalue weighted by Gasteiger charge is -2.20. The molecule has 6 nitrogen and oxygen atoms in total. The first-order valence-electron chi connectivity index (χ1n) is 6.64. The Labute approximate surface area is 110 Å². The molecule has 1 fully saturated rings. The number of carbonyl (C=O) groups is 1. The summed E-state index contributed by atoms with van der Waals surface area (Å²) in [6.07, 6.45) is 3.27. The Balaban J connectivity index is 1.96. The minimum Gasteiger partial charge on any atom is -0.481 e.